The van der Waals surface area contributed by atoms with Gasteiger partial charge in [0.1, 0.15) is 23.0 Å². The molecule has 28 heavy (non-hydrogen) atoms. The third-order valence-corrected chi connectivity index (χ3v) is 6.28. The molecule has 3 rings (SSSR count). The monoisotopic (exact) mass is 406 g/mol. The van der Waals surface area contributed by atoms with E-state index in [2.05, 4.69) is 21.5 Å². The molecule has 0 aliphatic carbocycles. The third-order valence-electron chi connectivity index (χ3n) is 4.80. The molecular formula is C20H24F2N4OS. The van der Waals surface area contributed by atoms with E-state index in [1.807, 2.05) is 13.8 Å². The van der Waals surface area contributed by atoms with E-state index in [9.17, 15) is 13.0 Å². The van der Waals surface area contributed by atoms with Crippen molar-refractivity contribution in [2.75, 3.05) is 11.5 Å². The first-order valence-corrected chi connectivity index (χ1v) is 10.6. The average molecular weight is 407 g/mol. The van der Waals surface area contributed by atoms with E-state index in [4.69, 9.17) is 5.73 Å². The molecule has 0 saturated heterocycles. The van der Waals surface area contributed by atoms with Gasteiger partial charge in [-0.25, -0.2) is 18.7 Å². The van der Waals surface area contributed by atoms with E-state index in [1.54, 1.807) is 0 Å². The van der Waals surface area contributed by atoms with Crippen LogP contribution >= 0.6 is 0 Å². The molecule has 150 valence electrons. The molecule has 0 saturated carbocycles. The van der Waals surface area contributed by atoms with Gasteiger partial charge in [-0.15, -0.1) is 0 Å². The minimum atomic E-state index is -1.54. The number of nitrogens with zero attached hydrogens (tertiary/aromatic N) is 3. The molecule has 3 aromatic rings. The van der Waals surface area contributed by atoms with Crippen LogP contribution in [0.2, 0.25) is 0 Å². The summed E-state index contributed by atoms with van der Waals surface area (Å²) in [5, 5.41) is 0. The summed E-state index contributed by atoms with van der Waals surface area (Å²) >= 11 is 0. The number of nitrogens with two attached hydrogens (primary N) is 1. The van der Waals surface area contributed by atoms with Crippen molar-refractivity contribution in [2.45, 2.75) is 51.5 Å². The van der Waals surface area contributed by atoms with E-state index in [-0.39, 0.29) is 10.6 Å². The number of anilines is 1. The Morgan fingerprint density at radius 3 is 2.64 bits per heavy atom. The number of pyridine rings is 1. The second-order valence-corrected chi connectivity index (χ2v) is 8.35. The molecule has 0 spiro atoms. The molecule has 0 bridgehead atoms. The first kappa shape index (κ1) is 20.4. The van der Waals surface area contributed by atoms with Gasteiger partial charge >= 0.3 is 0 Å². The summed E-state index contributed by atoms with van der Waals surface area (Å²) in [5.41, 5.74) is 9.59. The summed E-state index contributed by atoms with van der Waals surface area (Å²) in [7, 11) is -1.54. The van der Waals surface area contributed by atoms with Gasteiger partial charge in [0.25, 0.3) is 0 Å². The molecule has 2 N–H and O–H groups in total. The first-order chi connectivity index (χ1) is 13.3. The van der Waals surface area contributed by atoms with Gasteiger partial charge in [0.2, 0.25) is 0 Å². The highest BCUT2D eigenvalue weighted by Crippen LogP contribution is 2.27. The van der Waals surface area contributed by atoms with Gasteiger partial charge in [0, 0.05) is 30.5 Å². The Kier molecular flexibility index (Phi) is 6.07. The smallest absolute Gasteiger partial charge is 0.151 e. The molecule has 1 atom stereocenters. The number of benzene rings is 1. The van der Waals surface area contributed by atoms with Crippen LogP contribution in [0.5, 0.6) is 0 Å². The highest BCUT2D eigenvalue weighted by atomic mass is 32.2. The highest BCUT2D eigenvalue weighted by molar-refractivity contribution is 7.85. The first-order valence-electron chi connectivity index (χ1n) is 9.28. The summed E-state index contributed by atoms with van der Waals surface area (Å²) in [4.78, 5) is 9.08. The van der Waals surface area contributed by atoms with Crippen molar-refractivity contribution in [3.05, 3.63) is 46.9 Å². The summed E-state index contributed by atoms with van der Waals surface area (Å²) < 4.78 is 41.5. The summed E-state index contributed by atoms with van der Waals surface area (Å²) in [6.07, 6.45) is 2.29. The average Bonchev–Trinajstić information content (AvgIpc) is 2.99. The fraction of sp³-hybridized carbons (Fsp3) is 0.400. The third kappa shape index (κ3) is 3.92. The van der Waals surface area contributed by atoms with Crippen LogP contribution in [0, 0.1) is 25.5 Å². The number of imidazole rings is 1. The van der Waals surface area contributed by atoms with E-state index in [0.717, 1.165) is 47.6 Å². The van der Waals surface area contributed by atoms with Gasteiger partial charge in [-0.2, -0.15) is 0 Å². The topological polar surface area (TPSA) is 73.8 Å². The Balaban J connectivity index is 1.85. The van der Waals surface area contributed by atoms with Crippen LogP contribution in [0.25, 0.3) is 11.0 Å². The fourth-order valence-corrected chi connectivity index (χ4v) is 4.43. The molecule has 0 amide bonds. The zero-order valence-electron chi connectivity index (χ0n) is 16.3. The largest absolute Gasteiger partial charge is 0.382 e. The van der Waals surface area contributed by atoms with Gasteiger partial charge in [0.15, 0.2) is 5.82 Å². The second kappa shape index (κ2) is 8.34. The van der Waals surface area contributed by atoms with Gasteiger partial charge < -0.3 is 10.3 Å². The van der Waals surface area contributed by atoms with Gasteiger partial charge in [-0.1, -0.05) is 6.92 Å². The molecule has 1 aromatic carbocycles. The summed E-state index contributed by atoms with van der Waals surface area (Å²) in [6.45, 7) is 6.57. The Morgan fingerprint density at radius 1 is 1.21 bits per heavy atom. The van der Waals surface area contributed by atoms with Crippen molar-refractivity contribution in [3.63, 3.8) is 0 Å². The van der Waals surface area contributed by atoms with Crippen molar-refractivity contribution in [1.29, 1.82) is 0 Å². The maximum Gasteiger partial charge on any atom is 0.151 e. The molecule has 2 heterocycles. The van der Waals surface area contributed by atoms with Gasteiger partial charge in [-0.3, -0.25) is 4.21 Å². The minimum Gasteiger partial charge on any atom is -0.382 e. The number of aromatic nitrogens is 3. The zero-order valence-corrected chi connectivity index (χ0v) is 17.1. The predicted octanol–water partition coefficient (Wildman–Crippen LogP) is 4.06. The molecule has 2 aromatic heterocycles. The number of hydrogen-bond acceptors (Lipinski definition) is 4. The van der Waals surface area contributed by atoms with Crippen LogP contribution in [-0.2, 0) is 23.8 Å². The molecule has 8 heteroatoms. The van der Waals surface area contributed by atoms with E-state index in [1.165, 1.54) is 6.07 Å². The molecule has 5 nitrogen and oxygen atoms in total. The maximum atomic E-state index is 13.8. The van der Waals surface area contributed by atoms with Gasteiger partial charge in [-0.05, 0) is 44.4 Å². The number of fused-ring (bicyclic) bond motifs is 1. The van der Waals surface area contributed by atoms with Crippen molar-refractivity contribution in [1.82, 2.24) is 14.5 Å². The number of halogens is 2. The van der Waals surface area contributed by atoms with Crippen LogP contribution < -0.4 is 5.73 Å². The van der Waals surface area contributed by atoms with Crippen LogP contribution in [0.4, 0.5) is 14.6 Å². The van der Waals surface area contributed by atoms with Crippen molar-refractivity contribution < 1.29 is 13.0 Å². The van der Waals surface area contributed by atoms with Crippen molar-refractivity contribution >= 4 is 27.7 Å². The zero-order chi connectivity index (χ0) is 20.4. The van der Waals surface area contributed by atoms with Crippen molar-refractivity contribution in [2.24, 2.45) is 0 Å². The lowest BCUT2D eigenvalue weighted by Crippen LogP contribution is -2.09. The summed E-state index contributed by atoms with van der Waals surface area (Å²) in [5.74, 6) is 0.143. The number of aryl methyl sites for hydroxylation is 4. The Hall–Kier alpha value is -2.35. The predicted molar refractivity (Wildman–Crippen MR) is 108 cm³/mol. The van der Waals surface area contributed by atoms with Gasteiger partial charge in [0.05, 0.1) is 21.2 Å². The quantitative estimate of drug-likeness (QED) is 0.642. The van der Waals surface area contributed by atoms with E-state index in [0.29, 0.717) is 24.3 Å². The van der Waals surface area contributed by atoms with Crippen LogP contribution in [0.1, 0.15) is 36.8 Å². The van der Waals surface area contributed by atoms with E-state index < -0.39 is 22.4 Å². The lowest BCUT2D eigenvalue weighted by Gasteiger charge is -2.12. The molecule has 0 radical (unpaired) electrons. The fourth-order valence-electron chi connectivity index (χ4n) is 3.33. The maximum absolute atomic E-state index is 13.8. The lowest BCUT2D eigenvalue weighted by atomic mass is 10.2. The summed E-state index contributed by atoms with van der Waals surface area (Å²) in [6, 6.07) is 3.13. The Morgan fingerprint density at radius 2 is 1.96 bits per heavy atom. The standard InChI is InChI=1S/C20H24F2N4OS/c1-4-6-17-25-18-19(12(2)13(3)24-20(18)23)26(17)9-5-10-28(27)16-8-7-14(21)11-15(16)22/h7-8,11H,4-6,9-10H2,1-3H3,(H2,23,24). The second-order valence-electron chi connectivity index (χ2n) is 6.81. The number of rotatable bonds is 7. The molecule has 1 unspecified atom stereocenters. The Labute approximate surface area is 165 Å². The highest BCUT2D eigenvalue weighted by Gasteiger charge is 2.18. The SMILES string of the molecule is CCCc1nc2c(N)nc(C)c(C)c2n1CCCS(=O)c1ccc(F)cc1F. The lowest BCUT2D eigenvalue weighted by molar-refractivity contribution is 0.561. The number of nitrogen functional groups attached to an aromatic ring is 1. The van der Waals surface area contributed by atoms with Crippen LogP contribution in [-0.4, -0.2) is 24.5 Å². The molecule has 0 aliphatic rings. The Bertz CT molecular complexity index is 1050. The van der Waals surface area contributed by atoms with E-state index >= 15 is 0 Å². The van der Waals surface area contributed by atoms with Crippen LogP contribution in [0.15, 0.2) is 23.1 Å². The number of hydrogen-bond donors (Lipinski definition) is 1. The molecular weight excluding hydrogens is 382 g/mol. The minimum absolute atomic E-state index is 0.0335. The normalized spacial score (nSPS) is 12.6. The molecule has 0 aliphatic heterocycles. The molecule has 0 fully saturated rings. The van der Waals surface area contributed by atoms with Crippen LogP contribution in [0.3, 0.4) is 0 Å². The van der Waals surface area contributed by atoms with Crippen molar-refractivity contribution in [3.8, 4) is 0 Å².